The van der Waals surface area contributed by atoms with Crippen LogP contribution in [0.1, 0.15) is 45.4 Å². The van der Waals surface area contributed by atoms with Gasteiger partial charge in [0, 0.05) is 5.92 Å². The summed E-state index contributed by atoms with van der Waals surface area (Å²) in [5, 5.41) is -2.33. The number of alkyl halides is 4. The quantitative estimate of drug-likeness (QED) is 0.613. The van der Waals surface area contributed by atoms with Crippen LogP contribution >= 0.6 is 7.60 Å². The van der Waals surface area contributed by atoms with Gasteiger partial charge in [-0.1, -0.05) is 19.8 Å². The number of hydrogen-bond acceptors (Lipinski definition) is 1. The fraction of sp³-hybridized carbons (Fsp3) is 1.00. The summed E-state index contributed by atoms with van der Waals surface area (Å²) in [5.74, 6) is -1.23. The summed E-state index contributed by atoms with van der Waals surface area (Å²) < 4.78 is 63.6. The van der Waals surface area contributed by atoms with Gasteiger partial charge in [-0.05, 0) is 19.3 Å². The topological polar surface area (TPSA) is 57.5 Å². The zero-order valence-electron chi connectivity index (χ0n) is 10.7. The largest absolute Gasteiger partial charge is 0.390 e. The molecule has 0 heterocycles. The van der Waals surface area contributed by atoms with E-state index >= 15 is 0 Å². The van der Waals surface area contributed by atoms with Crippen molar-refractivity contribution in [1.82, 2.24) is 0 Å². The SMILES string of the molecule is CCC(CC(F)(F)F)(C1CCCCC1F)P(=O)(O)O. The molecule has 1 fully saturated rings. The van der Waals surface area contributed by atoms with E-state index in [2.05, 4.69) is 0 Å². The lowest BCUT2D eigenvalue weighted by Gasteiger charge is -2.44. The van der Waals surface area contributed by atoms with Crippen molar-refractivity contribution in [3.05, 3.63) is 0 Å². The van der Waals surface area contributed by atoms with Crippen LogP contribution in [0.2, 0.25) is 0 Å². The lowest BCUT2D eigenvalue weighted by atomic mass is 9.75. The van der Waals surface area contributed by atoms with E-state index in [1.807, 2.05) is 0 Å². The Balaban J connectivity index is 3.20. The summed E-state index contributed by atoms with van der Waals surface area (Å²) in [7, 11) is -5.07. The first-order valence-electron chi connectivity index (χ1n) is 6.30. The summed E-state index contributed by atoms with van der Waals surface area (Å²) in [5.41, 5.74) is 0. The van der Waals surface area contributed by atoms with Gasteiger partial charge in [0.2, 0.25) is 0 Å². The van der Waals surface area contributed by atoms with E-state index < -0.39 is 37.4 Å². The molecule has 0 radical (unpaired) electrons. The van der Waals surface area contributed by atoms with Crippen LogP contribution in [0.3, 0.4) is 0 Å². The summed E-state index contributed by atoms with van der Waals surface area (Å²) in [6, 6.07) is 0. The minimum absolute atomic E-state index is 0.0737. The molecule has 0 aromatic rings. The Morgan fingerprint density at radius 3 is 2.11 bits per heavy atom. The maximum absolute atomic E-state index is 13.9. The van der Waals surface area contributed by atoms with E-state index in [1.54, 1.807) is 0 Å². The summed E-state index contributed by atoms with van der Waals surface area (Å²) in [6.45, 7) is 1.28. The Morgan fingerprint density at radius 1 is 1.21 bits per heavy atom. The molecule has 0 bridgehead atoms. The lowest BCUT2D eigenvalue weighted by Crippen LogP contribution is -2.46. The number of halogens is 4. The maximum atomic E-state index is 13.9. The molecule has 114 valence electrons. The van der Waals surface area contributed by atoms with Gasteiger partial charge in [-0.15, -0.1) is 0 Å². The van der Waals surface area contributed by atoms with Crippen LogP contribution in [-0.2, 0) is 4.57 Å². The molecule has 3 unspecified atom stereocenters. The molecule has 0 saturated heterocycles. The van der Waals surface area contributed by atoms with Gasteiger partial charge in [0.25, 0.3) is 0 Å². The molecular formula is C11H19F4O3P. The Morgan fingerprint density at radius 2 is 1.74 bits per heavy atom. The molecule has 19 heavy (non-hydrogen) atoms. The van der Waals surface area contributed by atoms with Crippen LogP contribution in [0.5, 0.6) is 0 Å². The highest BCUT2D eigenvalue weighted by molar-refractivity contribution is 7.53. The average Bonchev–Trinajstić information content (AvgIpc) is 2.24. The zero-order chi connectivity index (χ0) is 14.9. The number of rotatable bonds is 4. The second-order valence-electron chi connectivity index (χ2n) is 5.20. The third-order valence-electron chi connectivity index (χ3n) is 4.07. The molecule has 1 saturated carbocycles. The minimum atomic E-state index is -5.07. The average molecular weight is 306 g/mol. The Hall–Kier alpha value is -0.130. The van der Waals surface area contributed by atoms with Crippen molar-refractivity contribution in [2.24, 2.45) is 5.92 Å². The first kappa shape index (κ1) is 16.9. The van der Waals surface area contributed by atoms with Gasteiger partial charge in [0.05, 0.1) is 11.6 Å². The van der Waals surface area contributed by atoms with Gasteiger partial charge in [0.15, 0.2) is 0 Å². The predicted molar refractivity (Wildman–Crippen MR) is 62.6 cm³/mol. The third-order valence-corrected chi connectivity index (χ3v) is 6.04. The molecule has 0 aromatic heterocycles. The summed E-state index contributed by atoms with van der Waals surface area (Å²) in [4.78, 5) is 18.8. The maximum Gasteiger partial charge on any atom is 0.390 e. The second kappa shape index (κ2) is 5.70. The molecule has 0 aromatic carbocycles. The van der Waals surface area contributed by atoms with Gasteiger partial charge in [-0.2, -0.15) is 13.2 Å². The van der Waals surface area contributed by atoms with Crippen molar-refractivity contribution >= 4 is 7.60 Å². The van der Waals surface area contributed by atoms with E-state index in [9.17, 15) is 31.9 Å². The van der Waals surface area contributed by atoms with E-state index in [0.29, 0.717) is 12.8 Å². The van der Waals surface area contributed by atoms with Crippen LogP contribution in [0.25, 0.3) is 0 Å². The van der Waals surface area contributed by atoms with Crippen molar-refractivity contribution in [2.45, 2.75) is 63.0 Å². The van der Waals surface area contributed by atoms with Gasteiger partial charge in [0.1, 0.15) is 6.17 Å². The normalized spacial score (nSPS) is 29.0. The van der Waals surface area contributed by atoms with Crippen molar-refractivity contribution in [3.8, 4) is 0 Å². The van der Waals surface area contributed by atoms with Crippen molar-refractivity contribution in [1.29, 1.82) is 0 Å². The Kier molecular flexibility index (Phi) is 5.08. The lowest BCUT2D eigenvalue weighted by molar-refractivity contribution is -0.149. The van der Waals surface area contributed by atoms with E-state index in [0.717, 1.165) is 0 Å². The molecular weight excluding hydrogens is 287 g/mol. The van der Waals surface area contributed by atoms with E-state index in [4.69, 9.17) is 0 Å². The molecule has 3 atom stereocenters. The van der Waals surface area contributed by atoms with Gasteiger partial charge < -0.3 is 9.79 Å². The first-order chi connectivity index (χ1) is 8.53. The molecule has 1 rings (SSSR count). The highest BCUT2D eigenvalue weighted by Gasteiger charge is 2.58. The van der Waals surface area contributed by atoms with Gasteiger partial charge >= 0.3 is 13.8 Å². The Bertz CT molecular complexity index is 354. The standard InChI is InChI=1S/C11H19F4O3P/c1-2-10(19(16,17)18,7-11(13,14)15)8-5-3-4-6-9(8)12/h8-9H,2-7H2,1H3,(H2,16,17,18). The van der Waals surface area contributed by atoms with E-state index in [1.165, 1.54) is 6.92 Å². The second-order valence-corrected chi connectivity index (χ2v) is 7.18. The summed E-state index contributed by atoms with van der Waals surface area (Å²) in [6.07, 6.45) is -7.11. The smallest absolute Gasteiger partial charge is 0.324 e. The van der Waals surface area contributed by atoms with Crippen molar-refractivity contribution in [3.63, 3.8) is 0 Å². The Labute approximate surface area is 109 Å². The van der Waals surface area contributed by atoms with Crippen LogP contribution < -0.4 is 0 Å². The highest BCUT2D eigenvalue weighted by atomic mass is 31.2. The molecule has 1 aliphatic rings. The molecule has 1 aliphatic carbocycles. The molecule has 2 N–H and O–H groups in total. The van der Waals surface area contributed by atoms with Crippen LogP contribution in [0.15, 0.2) is 0 Å². The minimum Gasteiger partial charge on any atom is -0.324 e. The monoisotopic (exact) mass is 306 g/mol. The molecule has 0 spiro atoms. The van der Waals surface area contributed by atoms with Gasteiger partial charge in [-0.3, -0.25) is 4.57 Å². The van der Waals surface area contributed by atoms with Crippen LogP contribution in [0.4, 0.5) is 17.6 Å². The van der Waals surface area contributed by atoms with Crippen molar-refractivity contribution < 1.29 is 31.9 Å². The van der Waals surface area contributed by atoms with Gasteiger partial charge in [-0.25, -0.2) is 4.39 Å². The molecule has 0 amide bonds. The fourth-order valence-electron chi connectivity index (χ4n) is 3.08. The van der Waals surface area contributed by atoms with Crippen molar-refractivity contribution in [2.75, 3.05) is 0 Å². The molecule has 3 nitrogen and oxygen atoms in total. The molecule has 0 aliphatic heterocycles. The number of hydrogen-bond donors (Lipinski definition) is 2. The summed E-state index contributed by atoms with van der Waals surface area (Å²) >= 11 is 0. The third kappa shape index (κ3) is 3.70. The molecule has 8 heteroatoms. The zero-order valence-corrected chi connectivity index (χ0v) is 11.6. The predicted octanol–water partition coefficient (Wildman–Crippen LogP) is 3.79. The fourth-order valence-corrected chi connectivity index (χ4v) is 4.60. The van der Waals surface area contributed by atoms with Crippen LogP contribution in [0, 0.1) is 5.92 Å². The van der Waals surface area contributed by atoms with Crippen LogP contribution in [-0.4, -0.2) is 27.3 Å². The van der Waals surface area contributed by atoms with E-state index in [-0.39, 0.29) is 19.3 Å². The first-order valence-corrected chi connectivity index (χ1v) is 7.91. The highest BCUT2D eigenvalue weighted by Crippen LogP contribution is 2.63.